The highest BCUT2D eigenvalue weighted by Crippen LogP contribution is 2.27. The lowest BCUT2D eigenvalue weighted by Gasteiger charge is -2.25. The highest BCUT2D eigenvalue weighted by atomic mass is 16.5. The van der Waals surface area contributed by atoms with Gasteiger partial charge < -0.3 is 14.6 Å². The number of benzene rings is 3. The lowest BCUT2D eigenvalue weighted by atomic mass is 10.0. The van der Waals surface area contributed by atoms with Crippen molar-refractivity contribution in [1.29, 1.82) is 0 Å². The van der Waals surface area contributed by atoms with Gasteiger partial charge in [0.05, 0.1) is 12.1 Å². The second-order valence-electron chi connectivity index (χ2n) is 7.76. The van der Waals surface area contributed by atoms with Gasteiger partial charge in [-0.15, -0.1) is 0 Å². The molecule has 1 aliphatic rings. The summed E-state index contributed by atoms with van der Waals surface area (Å²) in [6, 6.07) is 26.4. The zero-order valence-electron chi connectivity index (χ0n) is 17.6. The van der Waals surface area contributed by atoms with Gasteiger partial charge in [0.15, 0.2) is 0 Å². The Labute approximate surface area is 187 Å². The van der Waals surface area contributed by atoms with E-state index in [1.165, 1.54) is 5.56 Å². The minimum atomic E-state index is -0.0527. The van der Waals surface area contributed by atoms with Gasteiger partial charge in [-0.05, 0) is 28.8 Å². The van der Waals surface area contributed by atoms with E-state index in [4.69, 9.17) is 4.74 Å². The zero-order chi connectivity index (χ0) is 21.8. The van der Waals surface area contributed by atoms with Crippen LogP contribution in [-0.2, 0) is 17.9 Å². The van der Waals surface area contributed by atoms with Crippen LogP contribution in [0.3, 0.4) is 0 Å². The Hall–Kier alpha value is -4.12. The lowest BCUT2D eigenvalue weighted by Crippen LogP contribution is -2.34. The Bertz CT molecular complexity index is 1230. The number of aromatic amines is 1. The summed E-state index contributed by atoms with van der Waals surface area (Å²) in [7, 11) is 0. The quantitative estimate of drug-likeness (QED) is 0.472. The lowest BCUT2D eigenvalue weighted by molar-refractivity contribution is -0.128. The van der Waals surface area contributed by atoms with E-state index in [-0.39, 0.29) is 12.5 Å². The van der Waals surface area contributed by atoms with Crippen molar-refractivity contribution >= 4 is 12.0 Å². The van der Waals surface area contributed by atoms with Gasteiger partial charge in [-0.3, -0.25) is 4.79 Å². The van der Waals surface area contributed by atoms with Crippen molar-refractivity contribution in [2.45, 2.75) is 13.1 Å². The molecule has 0 radical (unpaired) electrons. The monoisotopic (exact) mass is 421 g/mol. The maximum atomic E-state index is 13.5. The molecule has 32 heavy (non-hydrogen) atoms. The molecule has 0 spiro atoms. The van der Waals surface area contributed by atoms with Crippen LogP contribution >= 0.6 is 0 Å². The Morgan fingerprint density at radius 2 is 1.66 bits per heavy atom. The van der Waals surface area contributed by atoms with Crippen molar-refractivity contribution in [3.63, 3.8) is 0 Å². The van der Waals surface area contributed by atoms with Gasteiger partial charge in [0.2, 0.25) is 0 Å². The fraction of sp³-hybridized carbons (Fsp3) is 0.111. The van der Waals surface area contributed by atoms with E-state index >= 15 is 0 Å². The van der Waals surface area contributed by atoms with Crippen LogP contribution in [0, 0.1) is 0 Å². The topological polar surface area (TPSA) is 58.2 Å². The Morgan fingerprint density at radius 1 is 0.906 bits per heavy atom. The first kappa shape index (κ1) is 19.8. The number of para-hydroxylation sites is 1. The first-order valence-electron chi connectivity index (χ1n) is 10.6. The predicted molar refractivity (Wildman–Crippen MR) is 125 cm³/mol. The molecule has 4 aromatic rings. The predicted octanol–water partition coefficient (Wildman–Crippen LogP) is 5.08. The van der Waals surface area contributed by atoms with Crippen LogP contribution in [0.2, 0.25) is 0 Å². The molecule has 3 aromatic carbocycles. The van der Waals surface area contributed by atoms with Crippen molar-refractivity contribution < 1.29 is 9.53 Å². The Balaban J connectivity index is 1.39. The maximum Gasteiger partial charge on any atom is 0.253 e. The van der Waals surface area contributed by atoms with Crippen molar-refractivity contribution in [2.75, 3.05) is 6.61 Å². The molecule has 0 aliphatic carbocycles. The highest BCUT2D eigenvalue weighted by molar-refractivity contribution is 5.99. The molecule has 5 nitrogen and oxygen atoms in total. The summed E-state index contributed by atoms with van der Waals surface area (Å²) < 4.78 is 5.82. The number of hydrogen-bond acceptors (Lipinski definition) is 3. The first-order chi connectivity index (χ1) is 15.8. The van der Waals surface area contributed by atoms with Crippen LogP contribution in [-0.4, -0.2) is 27.4 Å². The minimum absolute atomic E-state index is 0.0527. The molecule has 158 valence electrons. The van der Waals surface area contributed by atoms with E-state index in [1.54, 1.807) is 17.3 Å². The van der Waals surface area contributed by atoms with Gasteiger partial charge >= 0.3 is 0 Å². The highest BCUT2D eigenvalue weighted by Gasteiger charge is 2.23. The van der Waals surface area contributed by atoms with E-state index < -0.39 is 0 Å². The number of fused-ring (bicyclic) bond motifs is 1. The van der Waals surface area contributed by atoms with Gasteiger partial charge in [0.25, 0.3) is 5.91 Å². The van der Waals surface area contributed by atoms with Gasteiger partial charge in [0.1, 0.15) is 18.2 Å². The molecule has 0 fully saturated rings. The average Bonchev–Trinajstić information content (AvgIpc) is 3.37. The number of nitrogens with one attached hydrogen (secondary N) is 1. The molecule has 5 rings (SSSR count). The fourth-order valence-corrected chi connectivity index (χ4v) is 3.86. The number of imidazole rings is 1. The molecule has 0 saturated carbocycles. The van der Waals surface area contributed by atoms with Crippen molar-refractivity contribution in [1.82, 2.24) is 14.9 Å². The Kier molecular flexibility index (Phi) is 5.54. The number of aromatic nitrogens is 2. The average molecular weight is 422 g/mol. The van der Waals surface area contributed by atoms with Crippen LogP contribution in [0.4, 0.5) is 0 Å². The summed E-state index contributed by atoms with van der Waals surface area (Å²) in [5.41, 5.74) is 4.94. The van der Waals surface area contributed by atoms with E-state index in [0.29, 0.717) is 18.7 Å². The SMILES string of the molecule is O=C(C1=Cc2ccccc2OC1)N(Cc1ccc(-c2ccccc2)cc1)Cc1ncc[nH]1. The van der Waals surface area contributed by atoms with E-state index in [9.17, 15) is 4.79 Å². The molecular formula is C27H23N3O2. The van der Waals surface area contributed by atoms with Crippen LogP contribution in [0.5, 0.6) is 5.75 Å². The molecule has 2 heterocycles. The Morgan fingerprint density at radius 3 is 2.44 bits per heavy atom. The molecule has 0 bridgehead atoms. The standard InChI is InChI=1S/C27H23N3O2/c31-27(24-16-23-8-4-5-9-25(23)32-19-24)30(18-26-28-14-15-29-26)17-20-10-12-22(13-11-20)21-6-2-1-3-7-21/h1-16H,17-19H2,(H,28,29). The van der Waals surface area contributed by atoms with E-state index in [2.05, 4.69) is 46.4 Å². The molecule has 0 atom stereocenters. The second-order valence-corrected chi connectivity index (χ2v) is 7.76. The van der Waals surface area contributed by atoms with Crippen molar-refractivity contribution in [2.24, 2.45) is 0 Å². The van der Waals surface area contributed by atoms with Crippen LogP contribution in [0.1, 0.15) is 17.0 Å². The number of nitrogens with zero attached hydrogens (tertiary/aromatic N) is 2. The number of carbonyl (C=O) groups is 1. The second kappa shape index (κ2) is 8.94. The van der Waals surface area contributed by atoms with Gasteiger partial charge in [-0.25, -0.2) is 4.98 Å². The summed E-state index contributed by atoms with van der Waals surface area (Å²) in [4.78, 5) is 22.7. The third-order valence-electron chi connectivity index (χ3n) is 5.52. The van der Waals surface area contributed by atoms with Gasteiger partial charge in [-0.1, -0.05) is 72.8 Å². The van der Waals surface area contributed by atoms with Gasteiger partial charge in [0, 0.05) is 24.5 Å². The minimum Gasteiger partial charge on any atom is -0.488 e. The van der Waals surface area contributed by atoms with E-state index in [0.717, 1.165) is 28.3 Å². The van der Waals surface area contributed by atoms with Crippen molar-refractivity contribution in [3.05, 3.63) is 114 Å². The maximum absolute atomic E-state index is 13.5. The van der Waals surface area contributed by atoms with Crippen LogP contribution < -0.4 is 4.74 Å². The van der Waals surface area contributed by atoms with Crippen LogP contribution in [0.25, 0.3) is 17.2 Å². The molecule has 1 aromatic heterocycles. The summed E-state index contributed by atoms with van der Waals surface area (Å²) in [6.07, 6.45) is 5.40. The smallest absolute Gasteiger partial charge is 0.253 e. The number of H-pyrrole nitrogens is 1. The van der Waals surface area contributed by atoms with Crippen LogP contribution in [0.15, 0.2) is 96.8 Å². The molecule has 1 aliphatic heterocycles. The molecule has 0 unspecified atom stereocenters. The number of ether oxygens (including phenoxy) is 1. The van der Waals surface area contributed by atoms with Crippen molar-refractivity contribution in [3.8, 4) is 16.9 Å². The summed E-state index contributed by atoms with van der Waals surface area (Å²) in [6.45, 7) is 1.14. The largest absolute Gasteiger partial charge is 0.488 e. The van der Waals surface area contributed by atoms with Gasteiger partial charge in [-0.2, -0.15) is 0 Å². The summed E-state index contributed by atoms with van der Waals surface area (Å²) in [5, 5.41) is 0. The third-order valence-corrected chi connectivity index (χ3v) is 5.52. The molecule has 1 N–H and O–H groups in total. The molecular weight excluding hydrogens is 398 g/mol. The fourth-order valence-electron chi connectivity index (χ4n) is 3.86. The normalized spacial score (nSPS) is 12.4. The number of hydrogen-bond donors (Lipinski definition) is 1. The summed E-state index contributed by atoms with van der Waals surface area (Å²) >= 11 is 0. The molecule has 1 amide bonds. The first-order valence-corrected chi connectivity index (χ1v) is 10.6. The zero-order valence-corrected chi connectivity index (χ0v) is 17.6. The van der Waals surface area contributed by atoms with E-state index in [1.807, 2.05) is 48.5 Å². The number of amides is 1. The number of carbonyl (C=O) groups excluding carboxylic acids is 1. The number of rotatable bonds is 6. The molecule has 0 saturated heterocycles. The summed E-state index contributed by atoms with van der Waals surface area (Å²) in [5.74, 6) is 1.50. The molecule has 5 heteroatoms. The third kappa shape index (κ3) is 4.32.